The molecule has 5 N–H and O–H groups in total. The molecule has 0 atom stereocenters. The fraction of sp³-hybridized carbons (Fsp3) is 0.526. The molecule has 142 valence electrons. The number of anilines is 1. The van der Waals surface area contributed by atoms with E-state index < -0.39 is 0 Å². The van der Waals surface area contributed by atoms with Gasteiger partial charge in [0.15, 0.2) is 0 Å². The lowest BCUT2D eigenvalue weighted by molar-refractivity contribution is -0.125. The molecule has 3 amide bonds. The maximum absolute atomic E-state index is 12.1. The largest absolute Gasteiger partial charge is 0.351 e. The molecular weight excluding hydrogens is 332 g/mol. The summed E-state index contributed by atoms with van der Waals surface area (Å²) in [5.74, 6) is -0.325. The van der Waals surface area contributed by atoms with Gasteiger partial charge in [-0.1, -0.05) is 31.4 Å². The van der Waals surface area contributed by atoms with E-state index in [1.165, 1.54) is 19.3 Å². The molecule has 0 saturated heterocycles. The average molecular weight is 360 g/mol. The number of amides is 3. The predicted octanol–water partition coefficient (Wildman–Crippen LogP) is 1.40. The van der Waals surface area contributed by atoms with E-state index in [1.807, 2.05) is 0 Å². The molecule has 0 spiro atoms. The quantitative estimate of drug-likeness (QED) is 0.561. The van der Waals surface area contributed by atoms with Crippen molar-refractivity contribution in [3.8, 4) is 0 Å². The molecule has 1 aliphatic carbocycles. The lowest BCUT2D eigenvalue weighted by Gasteiger charge is -2.20. The number of nitrogens with two attached hydrogens (primary N) is 1. The number of carbonyl (C=O) groups excluding carboxylic acids is 3. The summed E-state index contributed by atoms with van der Waals surface area (Å²) in [5.41, 5.74) is 6.16. The topological polar surface area (TPSA) is 113 Å². The molecule has 26 heavy (non-hydrogen) atoms. The third-order valence-corrected chi connectivity index (χ3v) is 4.52. The molecule has 1 saturated carbocycles. The summed E-state index contributed by atoms with van der Waals surface area (Å²) in [5, 5.41) is 8.02. The van der Waals surface area contributed by atoms with Gasteiger partial charge in [0.25, 0.3) is 5.91 Å². The van der Waals surface area contributed by atoms with Gasteiger partial charge in [0.2, 0.25) is 11.8 Å². The van der Waals surface area contributed by atoms with Gasteiger partial charge < -0.3 is 21.7 Å². The Bertz CT molecular complexity index is 627. The van der Waals surface area contributed by atoms with Crippen LogP contribution in [0.4, 0.5) is 5.69 Å². The van der Waals surface area contributed by atoms with Crippen LogP contribution in [0.25, 0.3) is 0 Å². The van der Waals surface area contributed by atoms with Gasteiger partial charge in [0.05, 0.1) is 17.8 Å². The number of hydrogen-bond acceptors (Lipinski definition) is 4. The molecular formula is C19H28N4O3. The van der Waals surface area contributed by atoms with Gasteiger partial charge in [-0.25, -0.2) is 0 Å². The van der Waals surface area contributed by atoms with Crippen LogP contribution in [0.5, 0.6) is 0 Å². The highest BCUT2D eigenvalue weighted by Gasteiger charge is 2.18. The van der Waals surface area contributed by atoms with E-state index in [1.54, 1.807) is 24.3 Å². The third kappa shape index (κ3) is 6.48. The SMILES string of the molecule is NCCNC(=O)c1ccccc1NC(=O)CNC(=O)CC1CCCCC1. The number of benzene rings is 1. The summed E-state index contributed by atoms with van der Waals surface area (Å²) >= 11 is 0. The van der Waals surface area contributed by atoms with Crippen LogP contribution in [0.15, 0.2) is 24.3 Å². The zero-order valence-electron chi connectivity index (χ0n) is 15.1. The van der Waals surface area contributed by atoms with E-state index in [0.29, 0.717) is 36.7 Å². The van der Waals surface area contributed by atoms with Crippen LogP contribution in [0.1, 0.15) is 48.9 Å². The predicted molar refractivity (Wildman–Crippen MR) is 101 cm³/mol. The zero-order valence-corrected chi connectivity index (χ0v) is 15.1. The van der Waals surface area contributed by atoms with Gasteiger partial charge in [0, 0.05) is 19.5 Å². The second-order valence-corrected chi connectivity index (χ2v) is 6.62. The Morgan fingerprint density at radius 1 is 1.00 bits per heavy atom. The molecule has 7 heteroatoms. The van der Waals surface area contributed by atoms with Crippen LogP contribution >= 0.6 is 0 Å². The number of rotatable bonds is 8. The maximum atomic E-state index is 12.1. The van der Waals surface area contributed by atoms with E-state index >= 15 is 0 Å². The van der Waals surface area contributed by atoms with E-state index in [0.717, 1.165) is 12.8 Å². The Morgan fingerprint density at radius 3 is 2.46 bits per heavy atom. The first-order chi connectivity index (χ1) is 12.6. The smallest absolute Gasteiger partial charge is 0.253 e. The van der Waals surface area contributed by atoms with Crippen LogP contribution in [0, 0.1) is 5.92 Å². The zero-order chi connectivity index (χ0) is 18.8. The molecule has 1 fully saturated rings. The van der Waals surface area contributed by atoms with Crippen LogP contribution in [0.3, 0.4) is 0 Å². The highest BCUT2D eigenvalue weighted by molar-refractivity contribution is 6.04. The fourth-order valence-electron chi connectivity index (χ4n) is 3.17. The van der Waals surface area contributed by atoms with Crippen molar-refractivity contribution < 1.29 is 14.4 Å². The first-order valence-corrected chi connectivity index (χ1v) is 9.24. The summed E-state index contributed by atoms with van der Waals surface area (Å²) in [6.45, 7) is 0.593. The standard InChI is InChI=1S/C19H28N4O3/c20-10-11-21-19(26)15-8-4-5-9-16(15)23-18(25)13-22-17(24)12-14-6-2-1-3-7-14/h4-5,8-9,14H,1-3,6-7,10-13,20H2,(H,21,26)(H,22,24)(H,23,25). The highest BCUT2D eigenvalue weighted by atomic mass is 16.2. The van der Waals surface area contributed by atoms with Crippen molar-refractivity contribution in [3.05, 3.63) is 29.8 Å². The van der Waals surface area contributed by atoms with Crippen LogP contribution < -0.4 is 21.7 Å². The summed E-state index contributed by atoms with van der Waals surface area (Å²) in [6.07, 6.45) is 6.27. The minimum Gasteiger partial charge on any atom is -0.351 e. The Labute approximate surface area is 154 Å². The maximum Gasteiger partial charge on any atom is 0.253 e. The van der Waals surface area contributed by atoms with E-state index in [-0.39, 0.29) is 24.3 Å². The van der Waals surface area contributed by atoms with Crippen molar-refractivity contribution in [2.75, 3.05) is 25.0 Å². The van der Waals surface area contributed by atoms with Crippen molar-refractivity contribution in [2.24, 2.45) is 11.7 Å². The van der Waals surface area contributed by atoms with Crippen molar-refractivity contribution in [2.45, 2.75) is 38.5 Å². The lowest BCUT2D eigenvalue weighted by Crippen LogP contribution is -2.35. The van der Waals surface area contributed by atoms with Crippen LogP contribution in [-0.2, 0) is 9.59 Å². The summed E-state index contributed by atoms with van der Waals surface area (Å²) < 4.78 is 0. The Balaban J connectivity index is 1.81. The number of hydrogen-bond donors (Lipinski definition) is 4. The van der Waals surface area contributed by atoms with Gasteiger partial charge >= 0.3 is 0 Å². The summed E-state index contributed by atoms with van der Waals surface area (Å²) in [4.78, 5) is 36.2. The number of para-hydroxylation sites is 1. The number of carbonyl (C=O) groups is 3. The lowest BCUT2D eigenvalue weighted by atomic mass is 9.87. The molecule has 0 unspecified atom stereocenters. The second kappa shape index (κ2) is 10.6. The van der Waals surface area contributed by atoms with Crippen LogP contribution in [0.2, 0.25) is 0 Å². The minimum absolute atomic E-state index is 0.0963. The molecule has 2 rings (SSSR count). The normalized spacial score (nSPS) is 14.5. The molecule has 7 nitrogen and oxygen atoms in total. The Hall–Kier alpha value is -2.41. The highest BCUT2D eigenvalue weighted by Crippen LogP contribution is 2.26. The summed E-state index contributed by atoms with van der Waals surface area (Å²) in [6, 6.07) is 6.73. The third-order valence-electron chi connectivity index (χ3n) is 4.52. The molecule has 0 bridgehead atoms. The van der Waals surface area contributed by atoms with Crippen molar-refractivity contribution in [3.63, 3.8) is 0 Å². The van der Waals surface area contributed by atoms with Gasteiger partial charge in [-0.05, 0) is 30.9 Å². The summed E-state index contributed by atoms with van der Waals surface area (Å²) in [7, 11) is 0. The molecule has 1 aliphatic rings. The van der Waals surface area contributed by atoms with Crippen molar-refractivity contribution in [1.82, 2.24) is 10.6 Å². The number of nitrogens with one attached hydrogen (secondary N) is 3. The molecule has 0 aromatic heterocycles. The Morgan fingerprint density at radius 2 is 1.73 bits per heavy atom. The second-order valence-electron chi connectivity index (χ2n) is 6.62. The molecule has 0 aliphatic heterocycles. The van der Waals surface area contributed by atoms with Crippen molar-refractivity contribution in [1.29, 1.82) is 0 Å². The minimum atomic E-state index is -0.360. The molecule has 0 radical (unpaired) electrons. The van der Waals surface area contributed by atoms with E-state index in [9.17, 15) is 14.4 Å². The Kier molecular flexibility index (Phi) is 8.08. The van der Waals surface area contributed by atoms with Crippen LogP contribution in [-0.4, -0.2) is 37.4 Å². The average Bonchev–Trinajstić information content (AvgIpc) is 2.66. The van der Waals surface area contributed by atoms with Crippen molar-refractivity contribution >= 4 is 23.4 Å². The molecule has 1 aromatic rings. The fourth-order valence-corrected chi connectivity index (χ4v) is 3.17. The monoisotopic (exact) mass is 360 g/mol. The first kappa shape index (κ1) is 19.9. The molecule has 1 aromatic carbocycles. The first-order valence-electron chi connectivity index (χ1n) is 9.24. The van der Waals surface area contributed by atoms with Gasteiger partial charge in [-0.2, -0.15) is 0 Å². The van der Waals surface area contributed by atoms with Gasteiger partial charge in [-0.15, -0.1) is 0 Å². The van der Waals surface area contributed by atoms with E-state index in [4.69, 9.17) is 5.73 Å². The van der Waals surface area contributed by atoms with E-state index in [2.05, 4.69) is 16.0 Å². The van der Waals surface area contributed by atoms with Gasteiger partial charge in [-0.3, -0.25) is 14.4 Å². The van der Waals surface area contributed by atoms with Gasteiger partial charge in [0.1, 0.15) is 0 Å². The molecule has 0 heterocycles.